The molecule has 2 atom stereocenters. The number of pyridine rings is 1. The lowest BCUT2D eigenvalue weighted by atomic mass is 10.1. The lowest BCUT2D eigenvalue weighted by molar-refractivity contribution is -0.125. The van der Waals surface area contributed by atoms with Crippen molar-refractivity contribution in [3.63, 3.8) is 0 Å². The van der Waals surface area contributed by atoms with Crippen molar-refractivity contribution < 1.29 is 9.90 Å². The number of aliphatic hydroxyl groups excluding tert-OH is 1. The number of hydrogen-bond acceptors (Lipinski definition) is 4. The number of nitrogens with one attached hydrogen (secondary N) is 1. The molecule has 0 spiro atoms. The van der Waals surface area contributed by atoms with E-state index >= 15 is 0 Å². The van der Waals surface area contributed by atoms with Crippen LogP contribution in [0.2, 0.25) is 5.02 Å². The monoisotopic (exact) mass is 325 g/mol. The van der Waals surface area contributed by atoms with Crippen LogP contribution in [0.25, 0.3) is 0 Å². The van der Waals surface area contributed by atoms with E-state index in [1.807, 2.05) is 26.0 Å². The summed E-state index contributed by atoms with van der Waals surface area (Å²) in [5, 5.41) is 13.8. The summed E-state index contributed by atoms with van der Waals surface area (Å²) in [6, 6.07) is 3.59. The third kappa shape index (κ3) is 4.93. The third-order valence-electron chi connectivity index (χ3n) is 3.99. The molecule has 22 heavy (non-hydrogen) atoms. The van der Waals surface area contributed by atoms with E-state index in [-0.39, 0.29) is 17.9 Å². The molecule has 1 aliphatic rings. The molecular weight excluding hydrogens is 302 g/mol. The van der Waals surface area contributed by atoms with Crippen LogP contribution in [0, 0.1) is 5.92 Å². The summed E-state index contributed by atoms with van der Waals surface area (Å²) < 4.78 is 0. The Morgan fingerprint density at radius 3 is 2.82 bits per heavy atom. The predicted molar refractivity (Wildman–Crippen MR) is 86.5 cm³/mol. The predicted octanol–water partition coefficient (Wildman–Crippen LogP) is 1.83. The first kappa shape index (κ1) is 17.2. The average molecular weight is 326 g/mol. The Morgan fingerprint density at radius 2 is 2.18 bits per heavy atom. The number of likely N-dealkylation sites (tertiary alicyclic amines) is 1. The molecule has 0 bridgehead atoms. The van der Waals surface area contributed by atoms with Crippen molar-refractivity contribution in [2.24, 2.45) is 5.92 Å². The molecule has 1 fully saturated rings. The third-order valence-corrected chi connectivity index (χ3v) is 4.21. The van der Waals surface area contributed by atoms with Crippen molar-refractivity contribution in [3.05, 3.63) is 29.0 Å². The van der Waals surface area contributed by atoms with E-state index in [1.165, 1.54) is 0 Å². The van der Waals surface area contributed by atoms with Crippen LogP contribution in [0.15, 0.2) is 18.3 Å². The maximum atomic E-state index is 11.8. The van der Waals surface area contributed by atoms with Gasteiger partial charge in [0, 0.05) is 31.7 Å². The highest BCUT2D eigenvalue weighted by Crippen LogP contribution is 2.15. The van der Waals surface area contributed by atoms with Crippen LogP contribution in [0.4, 0.5) is 0 Å². The molecule has 0 unspecified atom stereocenters. The van der Waals surface area contributed by atoms with E-state index in [4.69, 9.17) is 11.6 Å². The lowest BCUT2D eigenvalue weighted by Crippen LogP contribution is -2.44. The number of carbonyl (C=O) groups excluding carboxylic acids is 1. The summed E-state index contributed by atoms with van der Waals surface area (Å²) in [6.07, 6.45) is 2.55. The Morgan fingerprint density at radius 1 is 1.45 bits per heavy atom. The molecule has 2 heterocycles. The van der Waals surface area contributed by atoms with Crippen molar-refractivity contribution in [2.75, 3.05) is 13.1 Å². The van der Waals surface area contributed by atoms with E-state index in [1.54, 1.807) is 6.20 Å². The molecule has 2 N–H and O–H groups in total. The smallest absolute Gasteiger partial charge is 0.222 e. The van der Waals surface area contributed by atoms with Gasteiger partial charge < -0.3 is 10.4 Å². The van der Waals surface area contributed by atoms with Crippen LogP contribution in [0.3, 0.4) is 0 Å². The summed E-state index contributed by atoms with van der Waals surface area (Å²) in [7, 11) is 0. The summed E-state index contributed by atoms with van der Waals surface area (Å²) in [5.74, 6) is -0.0679. The second-order valence-electron chi connectivity index (χ2n) is 6.16. The van der Waals surface area contributed by atoms with Gasteiger partial charge in [-0.2, -0.15) is 0 Å². The summed E-state index contributed by atoms with van der Waals surface area (Å²) in [5.41, 5.74) is 0.962. The van der Waals surface area contributed by atoms with E-state index in [2.05, 4.69) is 15.2 Å². The Bertz CT molecular complexity index is 493. The van der Waals surface area contributed by atoms with Crippen LogP contribution in [0.5, 0.6) is 0 Å². The summed E-state index contributed by atoms with van der Waals surface area (Å²) in [6.45, 7) is 6.06. The molecule has 6 heteroatoms. The number of aromatic nitrogens is 1. The van der Waals surface area contributed by atoms with E-state index in [9.17, 15) is 9.90 Å². The zero-order valence-electron chi connectivity index (χ0n) is 13.1. The molecule has 0 aliphatic carbocycles. The second kappa shape index (κ2) is 7.90. The fourth-order valence-corrected chi connectivity index (χ4v) is 2.66. The van der Waals surface area contributed by atoms with Crippen LogP contribution < -0.4 is 5.32 Å². The minimum Gasteiger partial charge on any atom is -0.391 e. The van der Waals surface area contributed by atoms with Crippen LogP contribution in [-0.4, -0.2) is 46.1 Å². The zero-order valence-corrected chi connectivity index (χ0v) is 13.9. The van der Waals surface area contributed by atoms with Gasteiger partial charge in [0.15, 0.2) is 0 Å². The van der Waals surface area contributed by atoms with E-state index in [0.717, 1.165) is 31.7 Å². The van der Waals surface area contributed by atoms with Crippen molar-refractivity contribution in [2.45, 2.75) is 45.4 Å². The molecule has 0 radical (unpaired) electrons. The van der Waals surface area contributed by atoms with Crippen LogP contribution >= 0.6 is 11.6 Å². The Balaban J connectivity index is 1.90. The molecule has 0 saturated carbocycles. The normalized spacial score (nSPS) is 23.3. The first-order valence-electron chi connectivity index (χ1n) is 7.77. The van der Waals surface area contributed by atoms with Gasteiger partial charge in [0.1, 0.15) is 0 Å². The quantitative estimate of drug-likeness (QED) is 0.886. The average Bonchev–Trinajstić information content (AvgIpc) is 2.65. The molecule has 1 amide bonds. The molecule has 5 nitrogen and oxygen atoms in total. The maximum absolute atomic E-state index is 11.8. The van der Waals surface area contributed by atoms with E-state index < -0.39 is 6.10 Å². The van der Waals surface area contributed by atoms with Gasteiger partial charge in [-0.3, -0.25) is 14.7 Å². The second-order valence-corrected chi connectivity index (χ2v) is 6.59. The topological polar surface area (TPSA) is 65.5 Å². The van der Waals surface area contributed by atoms with Gasteiger partial charge in [-0.1, -0.05) is 25.4 Å². The van der Waals surface area contributed by atoms with E-state index in [0.29, 0.717) is 11.4 Å². The van der Waals surface area contributed by atoms with Gasteiger partial charge in [-0.05, 0) is 25.0 Å². The van der Waals surface area contributed by atoms with Gasteiger partial charge in [0.25, 0.3) is 0 Å². The minimum atomic E-state index is -0.495. The van der Waals surface area contributed by atoms with Crippen molar-refractivity contribution in [1.29, 1.82) is 0 Å². The Hall–Kier alpha value is -1.17. The SMILES string of the molecule is CC(C)C(=O)N[C@H]1CCN(Cc2ccc(Cl)cn2)CC[C@@H]1O. The maximum Gasteiger partial charge on any atom is 0.222 e. The number of nitrogens with zero attached hydrogens (tertiary/aromatic N) is 2. The number of halogens is 1. The zero-order chi connectivity index (χ0) is 16.1. The standard InChI is InChI=1S/C16H24ClN3O2/c1-11(2)16(22)19-14-5-7-20(8-6-15(14)21)10-13-4-3-12(17)9-18-13/h3-4,9,11,14-15,21H,5-8,10H2,1-2H3,(H,19,22)/t14-,15-/m0/s1. The van der Waals surface area contributed by atoms with Gasteiger partial charge >= 0.3 is 0 Å². The molecule has 1 aromatic heterocycles. The summed E-state index contributed by atoms with van der Waals surface area (Å²) >= 11 is 5.84. The van der Waals surface area contributed by atoms with Crippen molar-refractivity contribution in [1.82, 2.24) is 15.2 Å². The molecule has 2 rings (SSSR count). The fraction of sp³-hybridized carbons (Fsp3) is 0.625. The fourth-order valence-electron chi connectivity index (χ4n) is 2.55. The Kier molecular flexibility index (Phi) is 6.17. The molecule has 122 valence electrons. The number of aliphatic hydroxyl groups is 1. The van der Waals surface area contributed by atoms with Gasteiger partial charge in [-0.15, -0.1) is 0 Å². The molecule has 1 aliphatic heterocycles. The number of rotatable bonds is 4. The number of hydrogen-bond donors (Lipinski definition) is 2. The number of carbonyl (C=O) groups is 1. The van der Waals surface area contributed by atoms with Crippen molar-refractivity contribution >= 4 is 17.5 Å². The first-order valence-corrected chi connectivity index (χ1v) is 8.14. The van der Waals surface area contributed by atoms with Crippen LogP contribution in [-0.2, 0) is 11.3 Å². The lowest BCUT2D eigenvalue weighted by Gasteiger charge is -2.22. The molecule has 1 aromatic rings. The molecular formula is C16H24ClN3O2. The highest BCUT2D eigenvalue weighted by Gasteiger charge is 2.26. The molecule has 0 aromatic carbocycles. The Labute approximate surface area is 136 Å². The summed E-state index contributed by atoms with van der Waals surface area (Å²) in [4.78, 5) is 18.4. The van der Waals surface area contributed by atoms with Gasteiger partial charge in [-0.25, -0.2) is 0 Å². The highest BCUT2D eigenvalue weighted by atomic mass is 35.5. The van der Waals surface area contributed by atoms with Gasteiger partial charge in [0.05, 0.1) is 22.9 Å². The largest absolute Gasteiger partial charge is 0.391 e. The first-order chi connectivity index (χ1) is 10.5. The minimum absolute atomic E-state index is 0.00290. The van der Waals surface area contributed by atoms with Gasteiger partial charge in [0.2, 0.25) is 5.91 Å². The van der Waals surface area contributed by atoms with Crippen LogP contribution in [0.1, 0.15) is 32.4 Å². The molecule has 1 saturated heterocycles. The highest BCUT2D eigenvalue weighted by molar-refractivity contribution is 6.30. The van der Waals surface area contributed by atoms with Crippen molar-refractivity contribution in [3.8, 4) is 0 Å². The number of amides is 1.